The van der Waals surface area contributed by atoms with Gasteiger partial charge in [-0.15, -0.1) is 0 Å². The lowest BCUT2D eigenvalue weighted by atomic mass is 9.94. The molecule has 2 aliphatic heterocycles. The molecule has 0 aliphatic carbocycles. The van der Waals surface area contributed by atoms with Gasteiger partial charge in [-0.05, 0) is 38.9 Å². The smallest absolute Gasteiger partial charge is 0.249 e. The van der Waals surface area contributed by atoms with Gasteiger partial charge in [-0.1, -0.05) is 11.6 Å². The second-order valence-corrected chi connectivity index (χ2v) is 9.86. The molecule has 5 heterocycles. The first kappa shape index (κ1) is 22.7. The molecule has 4 aromatic rings. The van der Waals surface area contributed by atoms with Gasteiger partial charge >= 0.3 is 0 Å². The van der Waals surface area contributed by atoms with Gasteiger partial charge < -0.3 is 19.5 Å². The summed E-state index contributed by atoms with van der Waals surface area (Å²) in [6.45, 7) is 4.29. The number of H-pyrrole nitrogens is 1. The van der Waals surface area contributed by atoms with Crippen LogP contribution in [0.5, 0.6) is 5.75 Å². The number of nitrogens with zero attached hydrogens (tertiary/aromatic N) is 5. The van der Waals surface area contributed by atoms with Gasteiger partial charge in [0.1, 0.15) is 0 Å². The largest absolute Gasteiger partial charge is 0.494 e. The summed E-state index contributed by atoms with van der Waals surface area (Å²) in [5.41, 5.74) is 4.66. The number of pyridine rings is 1. The summed E-state index contributed by atoms with van der Waals surface area (Å²) in [7, 11) is 3.62. The quantitative estimate of drug-likeness (QED) is 0.440. The Morgan fingerprint density at radius 1 is 1.14 bits per heavy atom. The van der Waals surface area contributed by atoms with Crippen LogP contribution in [0.1, 0.15) is 19.3 Å². The number of aromatic amines is 1. The van der Waals surface area contributed by atoms with Crippen molar-refractivity contribution >= 4 is 22.2 Å². The highest BCUT2D eigenvalue weighted by molar-refractivity contribution is 5.98. The summed E-state index contributed by atoms with van der Waals surface area (Å²) in [4.78, 5) is 24.5. The highest BCUT2D eigenvalue weighted by Gasteiger charge is 2.27. The van der Waals surface area contributed by atoms with Crippen LogP contribution in [0, 0.1) is 11.7 Å². The number of methoxy groups -OCH3 is 1. The zero-order valence-corrected chi connectivity index (χ0v) is 20.5. The fourth-order valence-corrected chi connectivity index (χ4v) is 5.33. The predicted molar refractivity (Wildman–Crippen MR) is 138 cm³/mol. The van der Waals surface area contributed by atoms with E-state index >= 15 is 0 Å². The number of aromatic nitrogens is 4. The number of hydrogen-bond acceptors (Lipinski definition) is 6. The lowest BCUT2D eigenvalue weighted by Gasteiger charge is -2.39. The molecular formula is C27H29FN6O2. The Labute approximate surface area is 208 Å². The number of nitrogens with one attached hydrogen (secondary N) is 1. The predicted octanol–water partition coefficient (Wildman–Crippen LogP) is 3.86. The molecule has 0 unspecified atom stereocenters. The van der Waals surface area contributed by atoms with Gasteiger partial charge in [-0.3, -0.25) is 4.79 Å². The van der Waals surface area contributed by atoms with E-state index in [0.29, 0.717) is 33.6 Å². The van der Waals surface area contributed by atoms with Gasteiger partial charge in [0.15, 0.2) is 17.2 Å². The van der Waals surface area contributed by atoms with E-state index in [1.807, 2.05) is 12.4 Å². The summed E-state index contributed by atoms with van der Waals surface area (Å²) < 4.78 is 21.1. The maximum Gasteiger partial charge on any atom is 0.249 e. The Morgan fingerprint density at radius 3 is 2.83 bits per heavy atom. The van der Waals surface area contributed by atoms with Crippen molar-refractivity contribution in [2.24, 2.45) is 5.92 Å². The highest BCUT2D eigenvalue weighted by Crippen LogP contribution is 2.34. The van der Waals surface area contributed by atoms with E-state index in [1.165, 1.54) is 45.0 Å². The molecule has 8 nitrogen and oxygen atoms in total. The van der Waals surface area contributed by atoms with Crippen LogP contribution in [0.15, 0.2) is 53.2 Å². The van der Waals surface area contributed by atoms with E-state index in [1.54, 1.807) is 22.4 Å². The lowest BCUT2D eigenvalue weighted by molar-refractivity contribution is 0.351. The maximum absolute atomic E-state index is 14.2. The van der Waals surface area contributed by atoms with Crippen molar-refractivity contribution in [3.63, 3.8) is 0 Å². The third-order valence-electron chi connectivity index (χ3n) is 7.35. The Balaban J connectivity index is 1.27. The van der Waals surface area contributed by atoms with Crippen LogP contribution >= 0.6 is 0 Å². The van der Waals surface area contributed by atoms with Crippen LogP contribution in [0.2, 0.25) is 0 Å². The van der Waals surface area contributed by atoms with Gasteiger partial charge in [0.25, 0.3) is 0 Å². The van der Waals surface area contributed by atoms with Gasteiger partial charge in [-0.2, -0.15) is 5.10 Å². The SMILES string of the molecule is COc1cc2c(-c3cnn4cc(N5CC(/C=C6/CCCN(C)CC6)C5)cnc34)cc(=O)[nH]c2cc1F. The second kappa shape index (κ2) is 9.05. The molecule has 2 saturated heterocycles. The van der Waals surface area contributed by atoms with Crippen molar-refractivity contribution < 1.29 is 9.13 Å². The van der Waals surface area contributed by atoms with Gasteiger partial charge in [0.2, 0.25) is 5.56 Å². The molecule has 186 valence electrons. The first-order chi connectivity index (χ1) is 17.5. The summed E-state index contributed by atoms with van der Waals surface area (Å²) in [5, 5.41) is 5.18. The molecule has 6 rings (SSSR count). The van der Waals surface area contributed by atoms with Crippen molar-refractivity contribution in [3.05, 3.63) is 64.6 Å². The number of likely N-dealkylation sites (tertiary alicyclic amines) is 1. The Morgan fingerprint density at radius 2 is 2.00 bits per heavy atom. The highest BCUT2D eigenvalue weighted by atomic mass is 19.1. The van der Waals surface area contributed by atoms with E-state index in [2.05, 4.69) is 33.0 Å². The molecule has 0 saturated carbocycles. The Hall–Kier alpha value is -3.72. The molecule has 3 aromatic heterocycles. The minimum absolute atomic E-state index is 0.112. The fourth-order valence-electron chi connectivity index (χ4n) is 5.33. The molecule has 0 amide bonds. The minimum atomic E-state index is -0.532. The number of fused-ring (bicyclic) bond motifs is 2. The number of hydrogen-bond donors (Lipinski definition) is 1. The molecule has 0 spiro atoms. The first-order valence-electron chi connectivity index (χ1n) is 12.4. The molecule has 0 radical (unpaired) electrons. The van der Waals surface area contributed by atoms with Crippen molar-refractivity contribution in [1.82, 2.24) is 24.5 Å². The normalized spacial score (nSPS) is 18.6. The van der Waals surface area contributed by atoms with E-state index in [-0.39, 0.29) is 11.3 Å². The summed E-state index contributed by atoms with van der Waals surface area (Å²) in [6, 6.07) is 4.36. The van der Waals surface area contributed by atoms with Gasteiger partial charge in [-0.25, -0.2) is 13.9 Å². The molecule has 0 bridgehead atoms. The van der Waals surface area contributed by atoms with Crippen LogP contribution in [-0.2, 0) is 0 Å². The average Bonchev–Trinajstić information content (AvgIpc) is 3.14. The average molecular weight is 489 g/mol. The zero-order valence-electron chi connectivity index (χ0n) is 20.5. The van der Waals surface area contributed by atoms with E-state index in [4.69, 9.17) is 9.72 Å². The number of halogens is 1. The zero-order chi connectivity index (χ0) is 24.8. The molecule has 1 aromatic carbocycles. The second-order valence-electron chi connectivity index (χ2n) is 9.86. The standard InChI is InChI=1S/C27H29FN6O2/c1-32-6-3-4-17(5-7-32)8-18-14-33(15-18)19-12-29-27-22(13-30-34(27)16-19)20-10-26(35)31-24-11-23(28)25(36-2)9-21(20)24/h8-13,16,18H,3-7,14-15H2,1-2H3,(H,31,35)/b17-8-. The Kier molecular flexibility index (Phi) is 5.72. The number of ether oxygens (including phenoxy) is 1. The third-order valence-corrected chi connectivity index (χ3v) is 7.35. The van der Waals surface area contributed by atoms with Crippen molar-refractivity contribution in [1.29, 1.82) is 0 Å². The van der Waals surface area contributed by atoms with Crippen molar-refractivity contribution in [2.75, 3.05) is 45.2 Å². The molecule has 9 heteroatoms. The molecule has 1 N–H and O–H groups in total. The summed E-state index contributed by atoms with van der Waals surface area (Å²) in [5.74, 6) is 0.154. The topological polar surface area (TPSA) is 78.8 Å². The lowest BCUT2D eigenvalue weighted by Crippen LogP contribution is -2.46. The van der Waals surface area contributed by atoms with E-state index < -0.39 is 5.82 Å². The Bertz CT molecular complexity index is 1530. The van der Waals surface area contributed by atoms with Crippen LogP contribution in [0.3, 0.4) is 0 Å². The van der Waals surface area contributed by atoms with Crippen LogP contribution < -0.4 is 15.2 Å². The number of anilines is 1. The summed E-state index contributed by atoms with van der Waals surface area (Å²) in [6.07, 6.45) is 11.6. The maximum atomic E-state index is 14.2. The van der Waals surface area contributed by atoms with Gasteiger partial charge in [0.05, 0.1) is 36.9 Å². The van der Waals surface area contributed by atoms with E-state index in [9.17, 15) is 9.18 Å². The number of benzene rings is 1. The van der Waals surface area contributed by atoms with Crippen LogP contribution in [0.25, 0.3) is 27.7 Å². The molecular weight excluding hydrogens is 459 g/mol. The van der Waals surface area contributed by atoms with Gasteiger partial charge in [0, 0.05) is 54.2 Å². The molecule has 2 aliphatic rings. The third kappa shape index (κ3) is 4.13. The van der Waals surface area contributed by atoms with E-state index in [0.717, 1.165) is 25.3 Å². The molecule has 36 heavy (non-hydrogen) atoms. The number of rotatable bonds is 4. The van der Waals surface area contributed by atoms with Crippen molar-refractivity contribution in [2.45, 2.75) is 19.3 Å². The van der Waals surface area contributed by atoms with Crippen molar-refractivity contribution in [3.8, 4) is 16.9 Å². The molecule has 2 fully saturated rings. The monoisotopic (exact) mass is 488 g/mol. The first-order valence-corrected chi connectivity index (χ1v) is 12.4. The molecule has 0 atom stereocenters. The van der Waals surface area contributed by atoms with Crippen LogP contribution in [-0.4, -0.2) is 64.8 Å². The fraction of sp³-hybridized carbons (Fsp3) is 0.370. The summed E-state index contributed by atoms with van der Waals surface area (Å²) >= 11 is 0. The minimum Gasteiger partial charge on any atom is -0.494 e. The van der Waals surface area contributed by atoms with Crippen LogP contribution in [0.4, 0.5) is 10.1 Å².